The zero-order valence-electron chi connectivity index (χ0n) is 16.3. The Morgan fingerprint density at radius 1 is 1.29 bits per heavy atom. The summed E-state index contributed by atoms with van der Waals surface area (Å²) in [4.78, 5) is 27.6. The van der Waals surface area contributed by atoms with Crippen molar-refractivity contribution >= 4 is 35.0 Å². The molecule has 1 N–H and O–H groups in total. The van der Waals surface area contributed by atoms with Crippen LogP contribution in [0.25, 0.3) is 0 Å². The number of hydrogen-bond acceptors (Lipinski definition) is 6. The molecule has 0 saturated heterocycles. The number of benzene rings is 1. The quantitative estimate of drug-likeness (QED) is 0.793. The summed E-state index contributed by atoms with van der Waals surface area (Å²) in [7, 11) is 0. The van der Waals surface area contributed by atoms with Gasteiger partial charge in [0.05, 0.1) is 22.7 Å². The van der Waals surface area contributed by atoms with Gasteiger partial charge in [-0.15, -0.1) is 5.10 Å². The van der Waals surface area contributed by atoms with Crippen LogP contribution in [0.4, 0.5) is 11.4 Å². The van der Waals surface area contributed by atoms with Crippen molar-refractivity contribution in [2.24, 2.45) is 0 Å². The fourth-order valence-electron chi connectivity index (χ4n) is 3.88. The van der Waals surface area contributed by atoms with Crippen molar-refractivity contribution in [3.05, 3.63) is 24.3 Å². The standard InChI is InChI=1S/C19H24N6O2S/c1-12(28-18-21-22-23-25(18)13-8-4-5-9-13)16(26)24-15-11-7-6-10-14(15)20-17(27)19(24,2)3/h6-7,10-13H,4-5,8-9H2,1-3H3,(H,20,27). The van der Waals surface area contributed by atoms with Crippen molar-refractivity contribution in [1.29, 1.82) is 0 Å². The fourth-order valence-corrected chi connectivity index (χ4v) is 4.78. The highest BCUT2D eigenvalue weighted by molar-refractivity contribution is 8.00. The number of aromatic nitrogens is 4. The van der Waals surface area contributed by atoms with Gasteiger partial charge in [-0.25, -0.2) is 4.68 Å². The highest BCUT2D eigenvalue weighted by Crippen LogP contribution is 2.39. The number of rotatable bonds is 4. The summed E-state index contributed by atoms with van der Waals surface area (Å²) in [6, 6.07) is 7.67. The van der Waals surface area contributed by atoms with Crippen molar-refractivity contribution in [1.82, 2.24) is 20.2 Å². The first-order valence-corrected chi connectivity index (χ1v) is 10.5. The average molecular weight is 401 g/mol. The van der Waals surface area contributed by atoms with E-state index in [1.807, 2.05) is 29.8 Å². The molecule has 1 aromatic heterocycles. The third-order valence-corrected chi connectivity index (χ3v) is 6.53. The zero-order chi connectivity index (χ0) is 19.9. The SMILES string of the molecule is CC(Sc1nnnn1C1CCCC1)C(=O)N1c2ccccc2NC(=O)C1(C)C. The Balaban J connectivity index is 1.60. The minimum absolute atomic E-state index is 0.140. The number of fused-ring (bicyclic) bond motifs is 1. The third kappa shape index (κ3) is 3.17. The Hall–Kier alpha value is -2.42. The molecule has 0 bridgehead atoms. The summed E-state index contributed by atoms with van der Waals surface area (Å²) in [6.45, 7) is 5.36. The van der Waals surface area contributed by atoms with Crippen LogP contribution in [0.2, 0.25) is 0 Å². The van der Waals surface area contributed by atoms with E-state index in [-0.39, 0.29) is 11.8 Å². The van der Waals surface area contributed by atoms with Gasteiger partial charge in [0, 0.05) is 0 Å². The van der Waals surface area contributed by atoms with Gasteiger partial charge < -0.3 is 5.32 Å². The number of amides is 2. The molecule has 2 amide bonds. The molecule has 28 heavy (non-hydrogen) atoms. The first kappa shape index (κ1) is 18.9. The van der Waals surface area contributed by atoms with Gasteiger partial charge in [0.2, 0.25) is 17.0 Å². The topological polar surface area (TPSA) is 93.0 Å². The molecule has 148 valence electrons. The normalized spacial score (nSPS) is 20.0. The molecule has 1 saturated carbocycles. The van der Waals surface area contributed by atoms with Crippen LogP contribution in [0.5, 0.6) is 0 Å². The minimum atomic E-state index is -0.988. The van der Waals surface area contributed by atoms with E-state index in [9.17, 15) is 9.59 Å². The van der Waals surface area contributed by atoms with E-state index in [0.717, 1.165) is 12.8 Å². The van der Waals surface area contributed by atoms with Crippen molar-refractivity contribution in [3.8, 4) is 0 Å². The number of thioether (sulfide) groups is 1. The maximum Gasteiger partial charge on any atom is 0.250 e. The molecule has 0 radical (unpaired) electrons. The fraction of sp³-hybridized carbons (Fsp3) is 0.526. The van der Waals surface area contributed by atoms with Crippen molar-refractivity contribution in [2.45, 2.75) is 68.4 Å². The molecule has 1 fully saturated rings. The summed E-state index contributed by atoms with van der Waals surface area (Å²) in [5, 5.41) is 15.2. The van der Waals surface area contributed by atoms with Crippen LogP contribution in [0.15, 0.2) is 29.4 Å². The summed E-state index contributed by atoms with van der Waals surface area (Å²) >= 11 is 1.35. The van der Waals surface area contributed by atoms with Crippen LogP contribution in [-0.4, -0.2) is 42.8 Å². The van der Waals surface area contributed by atoms with Crippen molar-refractivity contribution in [2.75, 3.05) is 10.2 Å². The summed E-state index contributed by atoms with van der Waals surface area (Å²) in [6.07, 6.45) is 4.48. The first-order valence-electron chi connectivity index (χ1n) is 9.58. The van der Waals surface area contributed by atoms with Gasteiger partial charge in [-0.1, -0.05) is 36.7 Å². The predicted octanol–water partition coefficient (Wildman–Crippen LogP) is 3.03. The van der Waals surface area contributed by atoms with Crippen LogP contribution < -0.4 is 10.2 Å². The molecule has 1 aromatic carbocycles. The lowest BCUT2D eigenvalue weighted by molar-refractivity contribution is -0.126. The summed E-state index contributed by atoms with van der Waals surface area (Å²) < 4.78 is 1.85. The molecule has 1 unspecified atom stereocenters. The average Bonchev–Trinajstić information content (AvgIpc) is 3.33. The van der Waals surface area contributed by atoms with Crippen LogP contribution >= 0.6 is 11.8 Å². The van der Waals surface area contributed by atoms with Crippen molar-refractivity contribution < 1.29 is 9.59 Å². The Bertz CT molecular complexity index is 905. The second kappa shape index (κ2) is 7.20. The molecule has 2 aromatic rings. The van der Waals surface area contributed by atoms with Gasteiger partial charge in [0.1, 0.15) is 5.54 Å². The summed E-state index contributed by atoms with van der Waals surface area (Å²) in [5.74, 6) is -0.342. The smallest absolute Gasteiger partial charge is 0.250 e. The number of nitrogens with zero attached hydrogens (tertiary/aromatic N) is 5. The molecule has 0 spiro atoms. The molecule has 1 aliphatic carbocycles. The maximum atomic E-state index is 13.4. The first-order chi connectivity index (χ1) is 13.4. The second-order valence-electron chi connectivity index (χ2n) is 7.81. The van der Waals surface area contributed by atoms with E-state index in [2.05, 4.69) is 20.8 Å². The van der Waals surface area contributed by atoms with E-state index >= 15 is 0 Å². The Kier molecular flexibility index (Phi) is 4.86. The van der Waals surface area contributed by atoms with Gasteiger partial charge >= 0.3 is 0 Å². The monoisotopic (exact) mass is 400 g/mol. The van der Waals surface area contributed by atoms with Crippen LogP contribution in [-0.2, 0) is 9.59 Å². The zero-order valence-corrected chi connectivity index (χ0v) is 17.1. The molecular formula is C19H24N6O2S. The number of nitrogens with one attached hydrogen (secondary N) is 1. The van der Waals surface area contributed by atoms with Crippen LogP contribution in [0.3, 0.4) is 0 Å². The van der Waals surface area contributed by atoms with Crippen LogP contribution in [0, 0.1) is 0 Å². The van der Waals surface area contributed by atoms with E-state index < -0.39 is 10.8 Å². The molecule has 4 rings (SSSR count). The second-order valence-corrected chi connectivity index (χ2v) is 9.12. The van der Waals surface area contributed by atoms with E-state index in [0.29, 0.717) is 22.6 Å². The number of para-hydroxylation sites is 2. The molecule has 9 heteroatoms. The number of carbonyl (C=O) groups excluding carboxylic acids is 2. The highest BCUT2D eigenvalue weighted by atomic mass is 32.2. The predicted molar refractivity (Wildman–Crippen MR) is 107 cm³/mol. The Labute approximate surface area is 168 Å². The van der Waals surface area contributed by atoms with E-state index in [1.165, 1.54) is 24.6 Å². The summed E-state index contributed by atoms with van der Waals surface area (Å²) in [5.41, 5.74) is 0.366. The minimum Gasteiger partial charge on any atom is -0.322 e. The largest absolute Gasteiger partial charge is 0.322 e. The lowest BCUT2D eigenvalue weighted by Crippen LogP contribution is -2.60. The Morgan fingerprint density at radius 2 is 2.00 bits per heavy atom. The van der Waals surface area contributed by atoms with E-state index in [4.69, 9.17) is 0 Å². The van der Waals surface area contributed by atoms with Crippen LogP contribution in [0.1, 0.15) is 52.5 Å². The molecular weight excluding hydrogens is 376 g/mol. The maximum absolute atomic E-state index is 13.4. The van der Waals surface area contributed by atoms with Crippen molar-refractivity contribution in [3.63, 3.8) is 0 Å². The third-order valence-electron chi connectivity index (χ3n) is 5.49. The number of tetrazole rings is 1. The molecule has 1 atom stereocenters. The number of anilines is 2. The van der Waals surface area contributed by atoms with E-state index in [1.54, 1.807) is 24.8 Å². The number of hydrogen-bond donors (Lipinski definition) is 1. The van der Waals surface area contributed by atoms with Gasteiger partial charge in [0.25, 0.3) is 0 Å². The van der Waals surface area contributed by atoms with Gasteiger partial charge in [-0.2, -0.15) is 0 Å². The van der Waals surface area contributed by atoms with Gasteiger partial charge in [-0.3, -0.25) is 14.5 Å². The molecule has 2 aliphatic rings. The molecule has 2 heterocycles. The molecule has 1 aliphatic heterocycles. The lowest BCUT2D eigenvalue weighted by Gasteiger charge is -2.43. The molecule has 8 nitrogen and oxygen atoms in total. The van der Waals surface area contributed by atoms with Gasteiger partial charge in [-0.05, 0) is 56.2 Å². The van der Waals surface area contributed by atoms with Gasteiger partial charge in [0.15, 0.2) is 0 Å². The Morgan fingerprint density at radius 3 is 2.75 bits per heavy atom. The highest BCUT2D eigenvalue weighted by Gasteiger charge is 2.45. The lowest BCUT2D eigenvalue weighted by atomic mass is 9.96. The number of carbonyl (C=O) groups is 2.